The first-order valence-corrected chi connectivity index (χ1v) is 7.61. The van der Waals surface area contributed by atoms with E-state index in [1.54, 1.807) is 17.0 Å². The van der Waals surface area contributed by atoms with E-state index in [1.165, 1.54) is 6.92 Å². The number of aryl methyl sites for hydroxylation is 1. The first-order valence-electron chi connectivity index (χ1n) is 7.61. The van der Waals surface area contributed by atoms with E-state index >= 15 is 0 Å². The van der Waals surface area contributed by atoms with Crippen LogP contribution in [0.2, 0.25) is 0 Å². The molecule has 0 spiro atoms. The maximum atomic E-state index is 12.9. The molecule has 1 N–H and O–H groups in total. The number of fused-ring (bicyclic) bond motifs is 1. The van der Waals surface area contributed by atoms with Gasteiger partial charge >= 0.3 is 0 Å². The summed E-state index contributed by atoms with van der Waals surface area (Å²) in [6.45, 7) is 3.67. The summed E-state index contributed by atoms with van der Waals surface area (Å²) in [6.07, 6.45) is -0.201. The minimum atomic E-state index is -1.76. The molecule has 3 rings (SSSR count). The molecule has 0 radical (unpaired) electrons. The van der Waals surface area contributed by atoms with Crippen molar-refractivity contribution in [3.05, 3.63) is 65.2 Å². The monoisotopic (exact) mass is 309 g/mol. The van der Waals surface area contributed by atoms with Gasteiger partial charge in [0, 0.05) is 12.0 Å². The summed E-state index contributed by atoms with van der Waals surface area (Å²) in [6, 6.07) is 15.1. The van der Waals surface area contributed by atoms with Gasteiger partial charge in [0.05, 0.1) is 12.2 Å². The zero-order valence-corrected chi connectivity index (χ0v) is 13.2. The third-order valence-corrected chi connectivity index (χ3v) is 4.24. The summed E-state index contributed by atoms with van der Waals surface area (Å²) in [7, 11) is 0. The number of ketones is 1. The lowest BCUT2D eigenvalue weighted by Gasteiger charge is -2.22. The van der Waals surface area contributed by atoms with Crippen LogP contribution >= 0.6 is 0 Å². The normalized spacial score (nSPS) is 19.8. The van der Waals surface area contributed by atoms with Gasteiger partial charge in [-0.3, -0.25) is 9.59 Å². The molecule has 0 unspecified atom stereocenters. The second-order valence-corrected chi connectivity index (χ2v) is 6.09. The number of hydrogen-bond acceptors (Lipinski definition) is 3. The first kappa shape index (κ1) is 15.4. The molecule has 118 valence electrons. The van der Waals surface area contributed by atoms with Gasteiger partial charge in [-0.05, 0) is 25.0 Å². The Balaban J connectivity index is 2.09. The van der Waals surface area contributed by atoms with E-state index in [0.29, 0.717) is 17.8 Å². The predicted molar refractivity (Wildman–Crippen MR) is 88.0 cm³/mol. The number of hydrogen-bond donors (Lipinski definition) is 1. The second-order valence-electron chi connectivity index (χ2n) is 6.09. The number of Topliss-reactive ketones (excluding diaryl/α,β-unsaturated/α-hetero) is 1. The van der Waals surface area contributed by atoms with Crippen molar-refractivity contribution in [1.29, 1.82) is 0 Å². The highest BCUT2D eigenvalue weighted by molar-refractivity contribution is 6.09. The molecule has 0 aliphatic carbocycles. The van der Waals surface area contributed by atoms with Gasteiger partial charge < -0.3 is 10.0 Å². The Morgan fingerprint density at radius 2 is 1.83 bits per heavy atom. The SMILES string of the molecule is CC(=O)C[C@]1(O)C(=O)N(Cc2ccccc2)c2c(C)cccc21. The smallest absolute Gasteiger partial charge is 0.264 e. The van der Waals surface area contributed by atoms with Crippen LogP contribution in [0.25, 0.3) is 0 Å². The van der Waals surface area contributed by atoms with Crippen molar-refractivity contribution in [2.45, 2.75) is 32.4 Å². The molecule has 0 fully saturated rings. The van der Waals surface area contributed by atoms with Crippen molar-refractivity contribution < 1.29 is 14.7 Å². The Kier molecular flexibility index (Phi) is 3.78. The predicted octanol–water partition coefficient (Wildman–Crippen LogP) is 2.71. The van der Waals surface area contributed by atoms with Crippen molar-refractivity contribution in [3.8, 4) is 0 Å². The van der Waals surface area contributed by atoms with E-state index in [2.05, 4.69) is 0 Å². The highest BCUT2D eigenvalue weighted by atomic mass is 16.3. The number of nitrogens with zero attached hydrogens (tertiary/aromatic N) is 1. The zero-order chi connectivity index (χ0) is 16.6. The van der Waals surface area contributed by atoms with Gasteiger partial charge in [-0.15, -0.1) is 0 Å². The molecule has 1 aliphatic rings. The quantitative estimate of drug-likeness (QED) is 0.944. The van der Waals surface area contributed by atoms with E-state index < -0.39 is 11.5 Å². The fourth-order valence-electron chi connectivity index (χ4n) is 3.24. The van der Waals surface area contributed by atoms with Crippen LogP contribution < -0.4 is 4.90 Å². The number of benzene rings is 2. The third kappa shape index (κ3) is 2.55. The molecule has 4 nitrogen and oxygen atoms in total. The lowest BCUT2D eigenvalue weighted by molar-refractivity contribution is -0.141. The van der Waals surface area contributed by atoms with Crippen molar-refractivity contribution in [2.24, 2.45) is 0 Å². The van der Waals surface area contributed by atoms with Crippen LogP contribution in [0.1, 0.15) is 30.0 Å². The first-order chi connectivity index (χ1) is 10.9. The molecule has 2 aromatic carbocycles. The number of para-hydroxylation sites is 1. The molecule has 0 saturated carbocycles. The minimum absolute atomic E-state index is 0.201. The van der Waals surface area contributed by atoms with Crippen LogP contribution in [0.3, 0.4) is 0 Å². The van der Waals surface area contributed by atoms with Crippen LogP contribution in [0.15, 0.2) is 48.5 Å². The van der Waals surface area contributed by atoms with Crippen molar-refractivity contribution >= 4 is 17.4 Å². The highest BCUT2D eigenvalue weighted by Gasteiger charge is 2.50. The summed E-state index contributed by atoms with van der Waals surface area (Å²) >= 11 is 0. The largest absolute Gasteiger partial charge is 0.375 e. The summed E-state index contributed by atoms with van der Waals surface area (Å²) in [5, 5.41) is 10.9. The molecule has 0 bridgehead atoms. The van der Waals surface area contributed by atoms with E-state index in [9.17, 15) is 14.7 Å². The maximum absolute atomic E-state index is 12.9. The number of anilines is 1. The summed E-state index contributed by atoms with van der Waals surface area (Å²) in [4.78, 5) is 26.1. The molecule has 0 saturated heterocycles. The van der Waals surface area contributed by atoms with Crippen LogP contribution in [-0.4, -0.2) is 16.8 Å². The standard InChI is InChI=1S/C19H19NO3/c1-13-7-6-10-16-17(13)20(12-15-8-4-3-5-9-15)18(22)19(16,23)11-14(2)21/h3-10,23H,11-12H2,1-2H3/t19-/m1/s1. The van der Waals surface area contributed by atoms with Gasteiger partial charge in [0.15, 0.2) is 5.60 Å². The number of carbonyl (C=O) groups excluding carboxylic acids is 2. The van der Waals surface area contributed by atoms with Gasteiger partial charge in [-0.2, -0.15) is 0 Å². The van der Waals surface area contributed by atoms with Crippen LogP contribution in [0.4, 0.5) is 5.69 Å². The van der Waals surface area contributed by atoms with Crippen LogP contribution in [-0.2, 0) is 21.7 Å². The van der Waals surface area contributed by atoms with Gasteiger partial charge in [0.25, 0.3) is 5.91 Å². The molecule has 1 heterocycles. The zero-order valence-electron chi connectivity index (χ0n) is 13.2. The Hall–Kier alpha value is -2.46. The van der Waals surface area contributed by atoms with E-state index in [-0.39, 0.29) is 12.2 Å². The van der Waals surface area contributed by atoms with Crippen molar-refractivity contribution in [2.75, 3.05) is 4.90 Å². The Morgan fingerprint density at radius 1 is 1.13 bits per heavy atom. The van der Waals surface area contributed by atoms with Gasteiger partial charge in [0.2, 0.25) is 0 Å². The van der Waals surface area contributed by atoms with Gasteiger partial charge in [-0.1, -0.05) is 48.5 Å². The van der Waals surface area contributed by atoms with Crippen LogP contribution in [0, 0.1) is 6.92 Å². The van der Waals surface area contributed by atoms with Gasteiger partial charge in [-0.25, -0.2) is 0 Å². The van der Waals surface area contributed by atoms with Crippen LogP contribution in [0.5, 0.6) is 0 Å². The van der Waals surface area contributed by atoms with Gasteiger partial charge in [0.1, 0.15) is 5.78 Å². The Labute approximate surface area is 135 Å². The molecular weight excluding hydrogens is 290 g/mol. The second kappa shape index (κ2) is 5.63. The number of amides is 1. The minimum Gasteiger partial charge on any atom is -0.375 e. The average molecular weight is 309 g/mol. The van der Waals surface area contributed by atoms with E-state index in [1.807, 2.05) is 43.3 Å². The third-order valence-electron chi connectivity index (χ3n) is 4.24. The lowest BCUT2D eigenvalue weighted by Crippen LogP contribution is -2.41. The summed E-state index contributed by atoms with van der Waals surface area (Å²) in [5.74, 6) is -0.643. The molecule has 0 aromatic heterocycles. The van der Waals surface area contributed by atoms with E-state index in [4.69, 9.17) is 0 Å². The number of aliphatic hydroxyl groups is 1. The molecular formula is C19H19NO3. The van der Waals surface area contributed by atoms with E-state index in [0.717, 1.165) is 11.1 Å². The fraction of sp³-hybridized carbons (Fsp3) is 0.263. The Bertz CT molecular complexity index is 769. The maximum Gasteiger partial charge on any atom is 0.264 e. The lowest BCUT2D eigenvalue weighted by atomic mass is 9.89. The number of rotatable bonds is 4. The highest BCUT2D eigenvalue weighted by Crippen LogP contribution is 2.44. The molecule has 1 atom stereocenters. The summed E-state index contributed by atoms with van der Waals surface area (Å²) in [5.41, 5.74) is 1.36. The summed E-state index contributed by atoms with van der Waals surface area (Å²) < 4.78 is 0. The molecule has 23 heavy (non-hydrogen) atoms. The molecule has 4 heteroatoms. The Morgan fingerprint density at radius 3 is 2.48 bits per heavy atom. The van der Waals surface area contributed by atoms with Crippen molar-refractivity contribution in [1.82, 2.24) is 0 Å². The average Bonchev–Trinajstić information content (AvgIpc) is 2.71. The molecule has 1 amide bonds. The molecule has 1 aliphatic heterocycles. The van der Waals surface area contributed by atoms with Crippen molar-refractivity contribution in [3.63, 3.8) is 0 Å². The number of carbonyl (C=O) groups is 2. The fourth-order valence-corrected chi connectivity index (χ4v) is 3.24. The topological polar surface area (TPSA) is 57.6 Å². The molecule has 2 aromatic rings.